The van der Waals surface area contributed by atoms with Crippen LogP contribution in [0.15, 0.2) is 0 Å². The van der Waals surface area contributed by atoms with Crippen LogP contribution in [0.1, 0.15) is 0 Å². The summed E-state index contributed by atoms with van der Waals surface area (Å²) in [6.45, 7) is -0.596. The van der Waals surface area contributed by atoms with Crippen molar-refractivity contribution in [3.63, 3.8) is 0 Å². The van der Waals surface area contributed by atoms with Crippen molar-refractivity contribution in [3.05, 3.63) is 0 Å². The summed E-state index contributed by atoms with van der Waals surface area (Å²) in [6, 6.07) is 0. The van der Waals surface area contributed by atoms with E-state index in [1.807, 2.05) is 0 Å². The molecule has 1 aliphatic heterocycles. The van der Waals surface area contributed by atoms with Gasteiger partial charge in [-0.1, -0.05) is 0 Å². The van der Waals surface area contributed by atoms with Crippen molar-refractivity contribution in [2.24, 2.45) is 0 Å². The van der Waals surface area contributed by atoms with Gasteiger partial charge in [-0.05, 0) is 0 Å². The summed E-state index contributed by atoms with van der Waals surface area (Å²) >= 11 is 0. The molecule has 1 heterocycles. The molecule has 0 aromatic heterocycles. The van der Waals surface area contributed by atoms with Gasteiger partial charge in [0.05, 0.1) is 6.61 Å². The molecule has 0 saturated carbocycles. The van der Waals surface area contributed by atoms with Gasteiger partial charge < -0.3 is 30.3 Å². The van der Waals surface area contributed by atoms with Crippen molar-refractivity contribution in [1.82, 2.24) is 0 Å². The lowest BCUT2D eigenvalue weighted by atomic mass is 10.1. The fourth-order valence-electron chi connectivity index (χ4n) is 1.11. The van der Waals surface area contributed by atoms with Gasteiger partial charge in [0.15, 0.2) is 6.29 Å². The summed E-state index contributed by atoms with van der Waals surface area (Å²) in [5.41, 5.74) is 0. The lowest BCUT2D eigenvalue weighted by Gasteiger charge is -2.18. The zero-order valence-electron chi connectivity index (χ0n) is 6.24. The van der Waals surface area contributed by atoms with Crippen LogP contribution in [0.4, 0.5) is 0 Å². The molecule has 6 nitrogen and oxygen atoms in total. The molecule has 0 unspecified atom stereocenters. The summed E-state index contributed by atoms with van der Waals surface area (Å²) in [6.07, 6.45) is -6.75. The standard InChI is InChI=1S/C6H12O6/c7-1-2(8)5-3(9)4(10)6(11)12-5/h2-11H,1H2/t2-,3+,4-,5-,6-/m0/s1. The maximum atomic E-state index is 9.12. The van der Waals surface area contributed by atoms with Crippen molar-refractivity contribution < 1.29 is 30.3 Å². The quantitative estimate of drug-likeness (QED) is 0.306. The van der Waals surface area contributed by atoms with Gasteiger partial charge in [-0.2, -0.15) is 0 Å². The van der Waals surface area contributed by atoms with Gasteiger partial charge in [0.1, 0.15) is 24.4 Å². The van der Waals surface area contributed by atoms with Crippen LogP contribution in [0.25, 0.3) is 0 Å². The summed E-state index contributed by atoms with van der Waals surface area (Å²) < 4.78 is 4.58. The molecule has 0 radical (unpaired) electrons. The Morgan fingerprint density at radius 2 is 1.75 bits per heavy atom. The van der Waals surface area contributed by atoms with E-state index < -0.39 is 37.3 Å². The molecular formula is C6H12O6. The van der Waals surface area contributed by atoms with Gasteiger partial charge in [0.25, 0.3) is 0 Å². The average molecular weight is 180 g/mol. The Morgan fingerprint density at radius 3 is 2.08 bits per heavy atom. The van der Waals surface area contributed by atoms with E-state index >= 15 is 0 Å². The molecule has 5 N–H and O–H groups in total. The monoisotopic (exact) mass is 180 g/mol. The maximum absolute atomic E-state index is 9.12. The topological polar surface area (TPSA) is 110 Å². The van der Waals surface area contributed by atoms with Crippen molar-refractivity contribution in [2.75, 3.05) is 6.61 Å². The minimum atomic E-state index is -1.51. The molecule has 0 aliphatic carbocycles. The van der Waals surface area contributed by atoms with Crippen LogP contribution in [0.5, 0.6) is 0 Å². The van der Waals surface area contributed by atoms with Crippen LogP contribution < -0.4 is 0 Å². The number of hydrogen-bond donors (Lipinski definition) is 5. The highest BCUT2D eigenvalue weighted by Gasteiger charge is 2.44. The van der Waals surface area contributed by atoms with E-state index in [2.05, 4.69) is 4.74 Å². The molecule has 0 spiro atoms. The summed E-state index contributed by atoms with van der Waals surface area (Å²) in [7, 11) is 0. The van der Waals surface area contributed by atoms with Crippen molar-refractivity contribution in [3.8, 4) is 0 Å². The third kappa shape index (κ3) is 1.58. The van der Waals surface area contributed by atoms with E-state index in [4.69, 9.17) is 25.5 Å². The molecule has 72 valence electrons. The van der Waals surface area contributed by atoms with E-state index in [1.54, 1.807) is 0 Å². The fourth-order valence-corrected chi connectivity index (χ4v) is 1.11. The van der Waals surface area contributed by atoms with Gasteiger partial charge in [-0.15, -0.1) is 0 Å². The smallest absolute Gasteiger partial charge is 0.184 e. The van der Waals surface area contributed by atoms with Crippen molar-refractivity contribution in [2.45, 2.75) is 30.7 Å². The van der Waals surface area contributed by atoms with Crippen LogP contribution >= 0.6 is 0 Å². The first kappa shape index (κ1) is 9.85. The molecule has 0 bridgehead atoms. The van der Waals surface area contributed by atoms with E-state index in [0.29, 0.717) is 0 Å². The molecule has 0 amide bonds. The molecule has 6 heteroatoms. The summed E-state index contributed by atoms with van der Waals surface area (Å²) in [4.78, 5) is 0. The predicted octanol–water partition coefficient (Wildman–Crippen LogP) is -3.22. The average Bonchev–Trinajstić information content (AvgIpc) is 2.32. The molecule has 12 heavy (non-hydrogen) atoms. The second-order valence-electron chi connectivity index (χ2n) is 2.72. The van der Waals surface area contributed by atoms with E-state index in [-0.39, 0.29) is 0 Å². The van der Waals surface area contributed by atoms with Crippen LogP contribution in [-0.4, -0.2) is 62.8 Å². The first-order chi connectivity index (χ1) is 5.57. The van der Waals surface area contributed by atoms with Gasteiger partial charge in [0.2, 0.25) is 0 Å². The van der Waals surface area contributed by atoms with Crippen molar-refractivity contribution in [1.29, 1.82) is 0 Å². The maximum Gasteiger partial charge on any atom is 0.184 e. The highest BCUT2D eigenvalue weighted by atomic mass is 16.6. The summed E-state index contributed by atoms with van der Waals surface area (Å²) in [5.74, 6) is 0. The van der Waals surface area contributed by atoms with Gasteiger partial charge in [-0.3, -0.25) is 0 Å². The zero-order chi connectivity index (χ0) is 9.30. The third-order valence-electron chi connectivity index (χ3n) is 1.84. The van der Waals surface area contributed by atoms with Crippen LogP contribution in [-0.2, 0) is 4.74 Å². The Morgan fingerprint density at radius 1 is 1.17 bits per heavy atom. The molecular weight excluding hydrogens is 168 g/mol. The molecule has 5 atom stereocenters. The Hall–Kier alpha value is -0.240. The predicted molar refractivity (Wildman–Crippen MR) is 36.0 cm³/mol. The summed E-state index contributed by atoms with van der Waals surface area (Å²) in [5, 5.41) is 44.4. The Balaban J connectivity index is 2.58. The first-order valence-corrected chi connectivity index (χ1v) is 3.56. The Labute approximate surface area is 68.6 Å². The Bertz CT molecular complexity index is 151. The molecule has 0 aromatic rings. The first-order valence-electron chi connectivity index (χ1n) is 3.56. The molecule has 1 aliphatic rings. The zero-order valence-corrected chi connectivity index (χ0v) is 6.24. The largest absolute Gasteiger partial charge is 0.394 e. The van der Waals surface area contributed by atoms with E-state index in [9.17, 15) is 0 Å². The number of ether oxygens (including phenoxy) is 1. The number of rotatable bonds is 2. The van der Waals surface area contributed by atoms with Crippen LogP contribution in [0, 0.1) is 0 Å². The highest BCUT2D eigenvalue weighted by molar-refractivity contribution is 4.89. The van der Waals surface area contributed by atoms with Gasteiger partial charge in [-0.25, -0.2) is 0 Å². The van der Waals surface area contributed by atoms with Crippen molar-refractivity contribution >= 4 is 0 Å². The minimum absolute atomic E-state index is 0.596. The second kappa shape index (κ2) is 3.65. The van der Waals surface area contributed by atoms with E-state index in [0.717, 1.165) is 0 Å². The van der Waals surface area contributed by atoms with Gasteiger partial charge >= 0.3 is 0 Å². The lowest BCUT2D eigenvalue weighted by molar-refractivity contribution is -0.150. The number of aliphatic hydroxyl groups excluding tert-OH is 5. The van der Waals surface area contributed by atoms with E-state index in [1.165, 1.54) is 0 Å². The Kier molecular flexibility index (Phi) is 2.99. The SMILES string of the molecule is OC[C@H](O)[C@@H]1O[C@H](O)[C@@H](O)[C@H]1O. The lowest BCUT2D eigenvalue weighted by Crippen LogP contribution is -2.40. The number of aliphatic hydroxyl groups is 5. The molecule has 1 rings (SSSR count). The highest BCUT2D eigenvalue weighted by Crippen LogP contribution is 2.21. The number of hydrogen-bond acceptors (Lipinski definition) is 6. The molecule has 1 fully saturated rings. The fraction of sp³-hybridized carbons (Fsp3) is 1.00. The van der Waals surface area contributed by atoms with Crippen LogP contribution in [0.2, 0.25) is 0 Å². The minimum Gasteiger partial charge on any atom is -0.394 e. The molecule has 1 saturated heterocycles. The van der Waals surface area contributed by atoms with Gasteiger partial charge in [0, 0.05) is 0 Å². The van der Waals surface area contributed by atoms with Crippen LogP contribution in [0.3, 0.4) is 0 Å². The molecule has 0 aromatic carbocycles. The normalized spacial score (nSPS) is 44.8. The third-order valence-corrected chi connectivity index (χ3v) is 1.84. The second-order valence-corrected chi connectivity index (χ2v) is 2.72.